The first-order valence-corrected chi connectivity index (χ1v) is 12.6. The minimum absolute atomic E-state index is 0.00328. The Morgan fingerprint density at radius 1 is 0.917 bits per heavy atom. The van der Waals surface area contributed by atoms with E-state index in [-0.39, 0.29) is 30.3 Å². The van der Waals surface area contributed by atoms with Crippen molar-refractivity contribution >= 4 is 0 Å². The van der Waals surface area contributed by atoms with Gasteiger partial charge in [-0.1, -0.05) is 55.1 Å². The normalized spacial score (nSPS) is 18.6. The summed E-state index contributed by atoms with van der Waals surface area (Å²) in [7, 11) is 0. The van der Waals surface area contributed by atoms with Crippen LogP contribution in [0.5, 0.6) is 5.75 Å². The van der Waals surface area contributed by atoms with Gasteiger partial charge in [0, 0.05) is 0 Å². The van der Waals surface area contributed by atoms with Gasteiger partial charge in [0.25, 0.3) is 0 Å². The first-order chi connectivity index (χ1) is 17.4. The summed E-state index contributed by atoms with van der Waals surface area (Å²) in [5.41, 5.74) is 3.41. The molecular weight excluding hydrogens is 461 g/mol. The lowest BCUT2D eigenvalue weighted by atomic mass is 9.76. The molecule has 4 rings (SSSR count). The molecule has 1 fully saturated rings. The molecule has 0 saturated heterocycles. The van der Waals surface area contributed by atoms with Gasteiger partial charge in [0.05, 0.1) is 6.10 Å². The highest BCUT2D eigenvalue weighted by Crippen LogP contribution is 2.39. The second kappa shape index (κ2) is 11.8. The van der Waals surface area contributed by atoms with E-state index in [4.69, 9.17) is 4.74 Å². The maximum Gasteiger partial charge on any atom is 0.165 e. The molecule has 5 heteroatoms. The van der Waals surface area contributed by atoms with Gasteiger partial charge < -0.3 is 9.84 Å². The lowest BCUT2D eigenvalue weighted by Crippen LogP contribution is -2.23. The van der Waals surface area contributed by atoms with Gasteiger partial charge in [-0.25, -0.2) is 13.2 Å². The van der Waals surface area contributed by atoms with Crippen LogP contribution >= 0.6 is 0 Å². The van der Waals surface area contributed by atoms with Crippen LogP contribution in [0.1, 0.15) is 55.2 Å². The largest absolute Gasteiger partial charge is 0.486 e. The summed E-state index contributed by atoms with van der Waals surface area (Å²) in [5.74, 6) is -1.49. The molecule has 3 aromatic rings. The van der Waals surface area contributed by atoms with E-state index in [1.807, 2.05) is 24.3 Å². The summed E-state index contributed by atoms with van der Waals surface area (Å²) in [5, 5.41) is 9.79. The van der Waals surface area contributed by atoms with E-state index in [2.05, 4.69) is 6.58 Å². The first kappa shape index (κ1) is 26.0. The molecule has 36 heavy (non-hydrogen) atoms. The van der Waals surface area contributed by atoms with Crippen molar-refractivity contribution in [2.24, 2.45) is 5.92 Å². The van der Waals surface area contributed by atoms with Crippen LogP contribution in [0.4, 0.5) is 13.2 Å². The fraction of sp³-hybridized carbons (Fsp3) is 0.355. The minimum Gasteiger partial charge on any atom is -0.486 e. The number of ether oxygens (including phenoxy) is 1. The number of hydrogen-bond acceptors (Lipinski definition) is 2. The third-order valence-electron chi connectivity index (χ3n) is 7.34. The smallest absolute Gasteiger partial charge is 0.165 e. The van der Waals surface area contributed by atoms with Gasteiger partial charge in [-0.15, -0.1) is 0 Å². The lowest BCUT2D eigenvalue weighted by Gasteiger charge is -2.30. The van der Waals surface area contributed by atoms with Crippen LogP contribution in [0, 0.1) is 23.4 Å². The Balaban J connectivity index is 1.38. The molecule has 0 bridgehead atoms. The number of aliphatic hydroxyl groups excluding tert-OH is 1. The van der Waals surface area contributed by atoms with Gasteiger partial charge in [-0.2, -0.15) is 0 Å². The monoisotopic (exact) mass is 494 g/mol. The number of aliphatic hydroxyl groups is 1. The van der Waals surface area contributed by atoms with Crippen molar-refractivity contribution < 1.29 is 23.0 Å². The van der Waals surface area contributed by atoms with Crippen LogP contribution in [0.25, 0.3) is 11.1 Å². The van der Waals surface area contributed by atoms with E-state index in [9.17, 15) is 18.3 Å². The fourth-order valence-electron chi connectivity index (χ4n) is 5.11. The average Bonchev–Trinajstić information content (AvgIpc) is 2.89. The summed E-state index contributed by atoms with van der Waals surface area (Å²) in [4.78, 5) is 0. The standard InChI is InChI=1S/C31H33F3O2/c1-3-18-36-29-17-15-26(19-28(29)32)23-7-4-21(5-8-23)6-9-25-14-16-27(31(34)30(25)33)24-12-10-22(11-13-24)20(2)35/h3-5,7-8,14-17,19-20,22,24,35H,1,6,9-13,18H2,2H3. The predicted octanol–water partition coefficient (Wildman–Crippen LogP) is 7.78. The van der Waals surface area contributed by atoms with Gasteiger partial charge in [0.1, 0.15) is 6.61 Å². The molecule has 0 spiro atoms. The maximum absolute atomic E-state index is 14.9. The van der Waals surface area contributed by atoms with E-state index in [0.717, 1.165) is 42.4 Å². The van der Waals surface area contributed by atoms with Gasteiger partial charge in [0.15, 0.2) is 23.2 Å². The SMILES string of the molecule is C=CCOc1ccc(-c2ccc(CCc3ccc(C4CCC(C(C)O)CC4)c(F)c3F)cc2)cc1F. The highest BCUT2D eigenvalue weighted by molar-refractivity contribution is 5.64. The number of hydrogen-bond donors (Lipinski definition) is 1. The molecule has 0 heterocycles. The molecule has 1 atom stereocenters. The van der Waals surface area contributed by atoms with Crippen molar-refractivity contribution in [3.8, 4) is 16.9 Å². The Morgan fingerprint density at radius 2 is 1.61 bits per heavy atom. The Bertz CT molecular complexity index is 1180. The molecule has 190 valence electrons. The molecule has 0 aliphatic heterocycles. The zero-order chi connectivity index (χ0) is 25.7. The van der Waals surface area contributed by atoms with Crippen LogP contribution in [0.15, 0.2) is 67.3 Å². The molecule has 1 unspecified atom stereocenters. The van der Waals surface area contributed by atoms with Crippen molar-refractivity contribution in [1.29, 1.82) is 0 Å². The second-order valence-corrected chi connectivity index (χ2v) is 9.74. The van der Waals surface area contributed by atoms with Crippen LogP contribution in [-0.4, -0.2) is 17.8 Å². The predicted molar refractivity (Wildman–Crippen MR) is 138 cm³/mol. The summed E-state index contributed by atoms with van der Waals surface area (Å²) < 4.78 is 49.4. The summed E-state index contributed by atoms with van der Waals surface area (Å²) in [6.45, 7) is 5.60. The molecule has 0 radical (unpaired) electrons. The first-order valence-electron chi connectivity index (χ1n) is 12.6. The van der Waals surface area contributed by atoms with Crippen molar-refractivity contribution in [2.45, 2.75) is 57.5 Å². The fourth-order valence-corrected chi connectivity index (χ4v) is 5.11. The average molecular weight is 495 g/mol. The van der Waals surface area contributed by atoms with E-state index < -0.39 is 17.5 Å². The van der Waals surface area contributed by atoms with Gasteiger partial charge >= 0.3 is 0 Å². The quantitative estimate of drug-likeness (QED) is 0.308. The van der Waals surface area contributed by atoms with Crippen molar-refractivity contribution in [2.75, 3.05) is 6.61 Å². The Labute approximate surface area is 211 Å². The second-order valence-electron chi connectivity index (χ2n) is 9.74. The van der Waals surface area contributed by atoms with Gasteiger partial charge in [0.2, 0.25) is 0 Å². The van der Waals surface area contributed by atoms with E-state index >= 15 is 0 Å². The maximum atomic E-state index is 14.9. The molecular formula is C31H33F3O2. The Morgan fingerprint density at radius 3 is 2.25 bits per heavy atom. The zero-order valence-electron chi connectivity index (χ0n) is 20.7. The van der Waals surface area contributed by atoms with E-state index in [0.29, 0.717) is 24.0 Å². The number of halogens is 3. The Hall–Kier alpha value is -3.05. The van der Waals surface area contributed by atoms with E-state index in [1.54, 1.807) is 37.3 Å². The number of aryl methyl sites for hydroxylation is 2. The van der Waals surface area contributed by atoms with Gasteiger partial charge in [-0.05, 0) is 97.2 Å². The number of benzene rings is 3. The van der Waals surface area contributed by atoms with Gasteiger partial charge in [-0.3, -0.25) is 0 Å². The van der Waals surface area contributed by atoms with Crippen molar-refractivity contribution in [3.63, 3.8) is 0 Å². The summed E-state index contributed by atoms with van der Waals surface area (Å²) in [6, 6.07) is 15.9. The topological polar surface area (TPSA) is 29.5 Å². The molecule has 3 aromatic carbocycles. The molecule has 1 aliphatic rings. The molecule has 0 aromatic heterocycles. The van der Waals surface area contributed by atoms with Crippen LogP contribution in [0.3, 0.4) is 0 Å². The van der Waals surface area contributed by atoms with E-state index in [1.165, 1.54) is 6.07 Å². The highest BCUT2D eigenvalue weighted by Gasteiger charge is 2.28. The third-order valence-corrected chi connectivity index (χ3v) is 7.34. The highest BCUT2D eigenvalue weighted by atomic mass is 19.2. The summed E-state index contributed by atoms with van der Waals surface area (Å²) in [6.07, 6.45) is 5.37. The van der Waals surface area contributed by atoms with Crippen molar-refractivity contribution in [1.82, 2.24) is 0 Å². The minimum atomic E-state index is -0.754. The molecule has 1 saturated carbocycles. The molecule has 0 amide bonds. The number of rotatable bonds is 9. The summed E-state index contributed by atoms with van der Waals surface area (Å²) >= 11 is 0. The third kappa shape index (κ3) is 6.01. The van der Waals surface area contributed by atoms with Crippen LogP contribution in [0.2, 0.25) is 0 Å². The molecule has 2 nitrogen and oxygen atoms in total. The Kier molecular flexibility index (Phi) is 8.52. The molecule has 1 aliphatic carbocycles. The van der Waals surface area contributed by atoms with Crippen LogP contribution in [-0.2, 0) is 12.8 Å². The lowest BCUT2D eigenvalue weighted by molar-refractivity contribution is 0.0963. The molecule has 1 N–H and O–H groups in total. The van der Waals surface area contributed by atoms with Crippen molar-refractivity contribution in [3.05, 3.63) is 101 Å². The van der Waals surface area contributed by atoms with Crippen LogP contribution < -0.4 is 4.74 Å². The zero-order valence-corrected chi connectivity index (χ0v) is 20.7.